The van der Waals surface area contributed by atoms with Gasteiger partial charge >= 0.3 is 5.97 Å². The van der Waals surface area contributed by atoms with Crippen molar-refractivity contribution in [2.24, 2.45) is 5.41 Å². The van der Waals surface area contributed by atoms with E-state index in [1.807, 2.05) is 6.07 Å². The molecule has 0 bridgehead atoms. The second-order valence-electron chi connectivity index (χ2n) is 3.87. The molecule has 0 heterocycles. The van der Waals surface area contributed by atoms with Crippen LogP contribution in [0.1, 0.15) is 26.7 Å². The van der Waals surface area contributed by atoms with Crippen LogP contribution in [0.2, 0.25) is 0 Å². The number of hydrogen-bond donors (Lipinski definition) is 0. The highest BCUT2D eigenvalue weighted by Crippen LogP contribution is 2.24. The number of carbonyl (C=O) groups excluding carboxylic acids is 1. The van der Waals surface area contributed by atoms with Gasteiger partial charge in [0.25, 0.3) is 0 Å². The molecular weight excluding hydrogens is 222 g/mol. The van der Waals surface area contributed by atoms with Gasteiger partial charge in [0.05, 0.1) is 25.9 Å². The molecule has 17 heavy (non-hydrogen) atoms. The largest absolute Gasteiger partial charge is 0.465 e. The molecule has 0 rings (SSSR count). The predicted octanol–water partition coefficient (Wildman–Crippen LogP) is 1.52. The molecule has 5 nitrogen and oxygen atoms in total. The molecule has 0 radical (unpaired) electrons. The van der Waals surface area contributed by atoms with E-state index in [2.05, 4.69) is 0 Å². The van der Waals surface area contributed by atoms with Gasteiger partial charge in [-0.2, -0.15) is 5.26 Å². The number of methoxy groups -OCH3 is 1. The Bertz CT molecular complexity index is 262. The number of nitriles is 1. The van der Waals surface area contributed by atoms with Crippen LogP contribution < -0.4 is 0 Å². The van der Waals surface area contributed by atoms with E-state index >= 15 is 0 Å². The lowest BCUT2D eigenvalue weighted by Gasteiger charge is -2.18. The Morgan fingerprint density at radius 3 is 2.59 bits per heavy atom. The molecule has 0 aliphatic heterocycles. The second kappa shape index (κ2) is 8.97. The van der Waals surface area contributed by atoms with Crippen LogP contribution in [-0.2, 0) is 19.0 Å². The third-order valence-electron chi connectivity index (χ3n) is 2.37. The van der Waals surface area contributed by atoms with Crippen molar-refractivity contribution in [1.82, 2.24) is 0 Å². The smallest absolute Gasteiger partial charge is 0.326 e. The summed E-state index contributed by atoms with van der Waals surface area (Å²) in [5.41, 5.74) is -1.07. The fourth-order valence-electron chi connectivity index (χ4n) is 1.27. The minimum Gasteiger partial charge on any atom is -0.465 e. The van der Waals surface area contributed by atoms with Crippen LogP contribution in [0.5, 0.6) is 0 Å². The standard InChI is InChI=1S/C12H21NO4/c1-4-17-11(14)12(2,10-13)6-5-7-16-9-8-15-3/h4-9H2,1-3H3. The highest BCUT2D eigenvalue weighted by atomic mass is 16.5. The van der Waals surface area contributed by atoms with E-state index in [0.717, 1.165) is 0 Å². The molecule has 0 aromatic rings. The molecule has 1 atom stereocenters. The summed E-state index contributed by atoms with van der Waals surface area (Å²) in [5.74, 6) is -0.459. The zero-order valence-corrected chi connectivity index (χ0v) is 10.8. The van der Waals surface area contributed by atoms with E-state index in [-0.39, 0.29) is 0 Å². The monoisotopic (exact) mass is 243 g/mol. The summed E-state index contributed by atoms with van der Waals surface area (Å²) in [6.07, 6.45) is 1.09. The molecule has 0 N–H and O–H groups in total. The number of nitrogens with zero attached hydrogens (tertiary/aromatic N) is 1. The van der Waals surface area contributed by atoms with E-state index in [9.17, 15) is 4.79 Å². The molecule has 98 valence electrons. The Labute approximate surface area is 103 Å². The molecule has 5 heteroatoms. The molecule has 0 amide bonds. The zero-order chi connectivity index (χ0) is 13.1. The highest BCUT2D eigenvalue weighted by molar-refractivity contribution is 5.79. The maximum atomic E-state index is 11.6. The zero-order valence-electron chi connectivity index (χ0n) is 10.8. The molecule has 0 aromatic heterocycles. The summed E-state index contributed by atoms with van der Waals surface area (Å²) in [5, 5.41) is 9.01. The first-order valence-electron chi connectivity index (χ1n) is 5.76. The molecule has 0 spiro atoms. The van der Waals surface area contributed by atoms with Crippen LogP contribution in [0.4, 0.5) is 0 Å². The van der Waals surface area contributed by atoms with Crippen molar-refractivity contribution in [3.05, 3.63) is 0 Å². The fraction of sp³-hybridized carbons (Fsp3) is 0.833. The van der Waals surface area contributed by atoms with Crippen LogP contribution in [-0.4, -0.2) is 39.5 Å². The molecular formula is C12H21NO4. The predicted molar refractivity (Wildman–Crippen MR) is 62.3 cm³/mol. The highest BCUT2D eigenvalue weighted by Gasteiger charge is 2.34. The normalized spacial score (nSPS) is 13.8. The molecule has 0 saturated carbocycles. The maximum Gasteiger partial charge on any atom is 0.326 e. The quantitative estimate of drug-likeness (QED) is 0.453. The SMILES string of the molecule is CCOC(=O)C(C)(C#N)CCCOCCOC. The van der Waals surface area contributed by atoms with E-state index < -0.39 is 11.4 Å². The second-order valence-corrected chi connectivity index (χ2v) is 3.87. The van der Waals surface area contributed by atoms with Crippen molar-refractivity contribution in [2.45, 2.75) is 26.7 Å². The van der Waals surface area contributed by atoms with Gasteiger partial charge < -0.3 is 14.2 Å². The van der Waals surface area contributed by atoms with Crippen LogP contribution in [0, 0.1) is 16.7 Å². The van der Waals surface area contributed by atoms with E-state index in [4.69, 9.17) is 19.5 Å². The summed E-state index contributed by atoms with van der Waals surface area (Å²) in [6.45, 7) is 5.21. The van der Waals surface area contributed by atoms with Gasteiger partial charge in [-0.3, -0.25) is 4.79 Å². The van der Waals surface area contributed by atoms with Gasteiger partial charge in [-0.15, -0.1) is 0 Å². The number of hydrogen-bond acceptors (Lipinski definition) is 5. The van der Waals surface area contributed by atoms with Gasteiger partial charge in [-0.05, 0) is 26.7 Å². The average Bonchev–Trinajstić information content (AvgIpc) is 2.33. The molecule has 0 aliphatic carbocycles. The Morgan fingerprint density at radius 2 is 2.06 bits per heavy atom. The van der Waals surface area contributed by atoms with Crippen LogP contribution in [0.3, 0.4) is 0 Å². The first kappa shape index (κ1) is 15.9. The van der Waals surface area contributed by atoms with Gasteiger partial charge in [-0.1, -0.05) is 0 Å². The molecule has 0 aromatic carbocycles. The third kappa shape index (κ3) is 6.25. The Balaban J connectivity index is 3.89. The number of esters is 1. The first-order chi connectivity index (χ1) is 8.10. The van der Waals surface area contributed by atoms with Crippen molar-refractivity contribution < 1.29 is 19.0 Å². The maximum absolute atomic E-state index is 11.6. The van der Waals surface area contributed by atoms with E-state index in [1.54, 1.807) is 21.0 Å². The van der Waals surface area contributed by atoms with Gasteiger partial charge in [0, 0.05) is 13.7 Å². The van der Waals surface area contributed by atoms with Crippen molar-refractivity contribution in [3.8, 4) is 6.07 Å². The molecule has 1 unspecified atom stereocenters. The van der Waals surface area contributed by atoms with Gasteiger partial charge in [0.15, 0.2) is 5.41 Å². The fourth-order valence-corrected chi connectivity index (χ4v) is 1.27. The van der Waals surface area contributed by atoms with Gasteiger partial charge in [0.1, 0.15) is 0 Å². The summed E-state index contributed by atoms with van der Waals surface area (Å²) in [7, 11) is 1.61. The Kier molecular flexibility index (Phi) is 8.38. The molecule has 0 aliphatic rings. The van der Waals surface area contributed by atoms with Crippen molar-refractivity contribution >= 4 is 5.97 Å². The average molecular weight is 243 g/mol. The number of rotatable bonds is 9. The van der Waals surface area contributed by atoms with Crippen molar-refractivity contribution in [1.29, 1.82) is 5.26 Å². The van der Waals surface area contributed by atoms with E-state index in [1.165, 1.54) is 0 Å². The lowest BCUT2D eigenvalue weighted by molar-refractivity contribution is -0.151. The van der Waals surface area contributed by atoms with Crippen LogP contribution in [0.15, 0.2) is 0 Å². The number of carbonyl (C=O) groups is 1. The van der Waals surface area contributed by atoms with Crippen LogP contribution >= 0.6 is 0 Å². The third-order valence-corrected chi connectivity index (χ3v) is 2.37. The molecule has 0 fully saturated rings. The first-order valence-corrected chi connectivity index (χ1v) is 5.76. The Hall–Kier alpha value is -1.12. The van der Waals surface area contributed by atoms with E-state index in [0.29, 0.717) is 39.3 Å². The number of ether oxygens (including phenoxy) is 3. The minimum absolute atomic E-state index is 0.292. The van der Waals surface area contributed by atoms with Crippen molar-refractivity contribution in [2.75, 3.05) is 33.5 Å². The molecule has 0 saturated heterocycles. The van der Waals surface area contributed by atoms with Gasteiger partial charge in [-0.25, -0.2) is 0 Å². The van der Waals surface area contributed by atoms with Crippen molar-refractivity contribution in [3.63, 3.8) is 0 Å². The summed E-state index contributed by atoms with van der Waals surface area (Å²) in [4.78, 5) is 11.6. The minimum atomic E-state index is -1.07. The van der Waals surface area contributed by atoms with Crippen LogP contribution in [0.25, 0.3) is 0 Å². The summed E-state index contributed by atoms with van der Waals surface area (Å²) < 4.78 is 15.0. The summed E-state index contributed by atoms with van der Waals surface area (Å²) >= 11 is 0. The topological polar surface area (TPSA) is 68.6 Å². The van der Waals surface area contributed by atoms with Gasteiger partial charge in [0.2, 0.25) is 0 Å². The lowest BCUT2D eigenvalue weighted by Crippen LogP contribution is -2.28. The Morgan fingerprint density at radius 1 is 1.35 bits per heavy atom. The lowest BCUT2D eigenvalue weighted by atomic mass is 9.87. The summed E-state index contributed by atoms with van der Waals surface area (Å²) in [6, 6.07) is 2.01.